The SMILES string of the molecule is FC(F)(F)Oc1ccccc1O[C@H](c1ncco1)[C@@H]1CCNC1. The van der Waals surface area contributed by atoms with Crippen molar-refractivity contribution in [3.05, 3.63) is 42.6 Å². The third kappa shape index (κ3) is 3.95. The van der Waals surface area contributed by atoms with Gasteiger partial charge >= 0.3 is 6.36 Å². The first kappa shape index (κ1) is 15.7. The zero-order chi connectivity index (χ0) is 16.3. The van der Waals surface area contributed by atoms with Gasteiger partial charge in [0.15, 0.2) is 17.6 Å². The molecule has 0 unspecified atom stereocenters. The lowest BCUT2D eigenvalue weighted by molar-refractivity contribution is -0.275. The fourth-order valence-electron chi connectivity index (χ4n) is 2.55. The molecule has 0 spiro atoms. The summed E-state index contributed by atoms with van der Waals surface area (Å²) >= 11 is 0. The van der Waals surface area contributed by atoms with Gasteiger partial charge in [0.1, 0.15) is 6.26 Å². The van der Waals surface area contributed by atoms with Gasteiger partial charge in [0.25, 0.3) is 0 Å². The molecule has 1 aromatic heterocycles. The van der Waals surface area contributed by atoms with Crippen molar-refractivity contribution in [1.82, 2.24) is 10.3 Å². The number of nitrogens with one attached hydrogen (secondary N) is 1. The predicted molar refractivity (Wildman–Crippen MR) is 74.0 cm³/mol. The summed E-state index contributed by atoms with van der Waals surface area (Å²) in [5, 5.41) is 3.19. The minimum absolute atomic E-state index is 0.0000694. The summed E-state index contributed by atoms with van der Waals surface area (Å²) < 4.78 is 52.7. The van der Waals surface area contributed by atoms with Crippen molar-refractivity contribution in [3.63, 3.8) is 0 Å². The van der Waals surface area contributed by atoms with Crippen LogP contribution in [0.3, 0.4) is 0 Å². The van der Waals surface area contributed by atoms with E-state index in [9.17, 15) is 13.2 Å². The normalized spacial score (nSPS) is 19.5. The lowest BCUT2D eigenvalue weighted by Gasteiger charge is -2.23. The number of nitrogens with zero attached hydrogens (tertiary/aromatic N) is 1. The molecule has 23 heavy (non-hydrogen) atoms. The van der Waals surface area contributed by atoms with Crippen LogP contribution in [0, 0.1) is 5.92 Å². The number of oxazole rings is 1. The molecule has 2 heterocycles. The van der Waals surface area contributed by atoms with E-state index in [0.29, 0.717) is 12.4 Å². The molecule has 0 bridgehead atoms. The molecule has 1 fully saturated rings. The first-order chi connectivity index (χ1) is 11.0. The number of alkyl halides is 3. The Morgan fingerprint density at radius 3 is 2.65 bits per heavy atom. The van der Waals surface area contributed by atoms with Crippen LogP contribution in [-0.2, 0) is 0 Å². The van der Waals surface area contributed by atoms with E-state index in [2.05, 4.69) is 15.0 Å². The molecule has 2 aromatic rings. The molecule has 1 aromatic carbocycles. The quantitative estimate of drug-likeness (QED) is 0.913. The number of benzene rings is 1. The number of hydrogen-bond donors (Lipinski definition) is 1. The van der Waals surface area contributed by atoms with Gasteiger partial charge in [0.2, 0.25) is 5.89 Å². The maximum absolute atomic E-state index is 12.5. The smallest absolute Gasteiger partial charge is 0.476 e. The molecule has 2 atom stereocenters. The Balaban J connectivity index is 1.85. The number of hydrogen-bond acceptors (Lipinski definition) is 5. The van der Waals surface area contributed by atoms with Crippen molar-refractivity contribution in [2.45, 2.75) is 18.9 Å². The Labute approximate surface area is 130 Å². The van der Waals surface area contributed by atoms with Gasteiger partial charge in [0, 0.05) is 12.5 Å². The second kappa shape index (κ2) is 6.49. The first-order valence-electron chi connectivity index (χ1n) is 7.14. The molecule has 8 heteroatoms. The molecular weight excluding hydrogens is 313 g/mol. The fraction of sp³-hybridized carbons (Fsp3) is 0.400. The minimum atomic E-state index is -4.78. The van der Waals surface area contributed by atoms with Gasteiger partial charge in [-0.3, -0.25) is 0 Å². The molecule has 1 aliphatic rings. The fourth-order valence-corrected chi connectivity index (χ4v) is 2.55. The average molecular weight is 328 g/mol. The van der Waals surface area contributed by atoms with Gasteiger partial charge in [-0.1, -0.05) is 12.1 Å². The Hall–Kier alpha value is -2.22. The van der Waals surface area contributed by atoms with Crippen molar-refractivity contribution in [2.24, 2.45) is 5.92 Å². The number of aromatic nitrogens is 1. The molecule has 0 radical (unpaired) electrons. The molecule has 1 saturated heterocycles. The van der Waals surface area contributed by atoms with Gasteiger partial charge in [-0.25, -0.2) is 4.98 Å². The van der Waals surface area contributed by atoms with Crippen molar-refractivity contribution < 1.29 is 27.1 Å². The van der Waals surface area contributed by atoms with Crippen LogP contribution in [0.15, 0.2) is 41.1 Å². The Bertz CT molecular complexity index is 625. The molecule has 124 valence electrons. The highest BCUT2D eigenvalue weighted by Crippen LogP contribution is 2.37. The summed E-state index contributed by atoms with van der Waals surface area (Å²) in [6.07, 6.45) is -1.67. The molecule has 0 amide bonds. The van der Waals surface area contributed by atoms with Gasteiger partial charge < -0.3 is 19.2 Å². The van der Waals surface area contributed by atoms with Gasteiger partial charge in [-0.2, -0.15) is 0 Å². The highest BCUT2D eigenvalue weighted by atomic mass is 19.4. The van der Waals surface area contributed by atoms with Crippen LogP contribution in [0.5, 0.6) is 11.5 Å². The Morgan fingerprint density at radius 1 is 1.26 bits per heavy atom. The van der Waals surface area contributed by atoms with Crippen molar-refractivity contribution in [1.29, 1.82) is 0 Å². The van der Waals surface area contributed by atoms with Gasteiger partial charge in [0.05, 0.1) is 6.20 Å². The van der Waals surface area contributed by atoms with E-state index in [0.717, 1.165) is 13.0 Å². The van der Waals surface area contributed by atoms with Crippen LogP contribution in [0.25, 0.3) is 0 Å². The molecule has 5 nitrogen and oxygen atoms in total. The Morgan fingerprint density at radius 2 is 2.04 bits per heavy atom. The van der Waals surface area contributed by atoms with Crippen LogP contribution < -0.4 is 14.8 Å². The van der Waals surface area contributed by atoms with Crippen LogP contribution in [0.2, 0.25) is 0 Å². The van der Waals surface area contributed by atoms with Crippen LogP contribution in [0.4, 0.5) is 13.2 Å². The Kier molecular flexibility index (Phi) is 4.42. The summed E-state index contributed by atoms with van der Waals surface area (Å²) in [5.41, 5.74) is 0. The summed E-state index contributed by atoms with van der Waals surface area (Å²) in [4.78, 5) is 4.08. The van der Waals surface area contributed by atoms with Crippen molar-refractivity contribution >= 4 is 0 Å². The number of ether oxygens (including phenoxy) is 2. The van der Waals surface area contributed by atoms with Crippen LogP contribution in [0.1, 0.15) is 18.4 Å². The van der Waals surface area contributed by atoms with E-state index in [1.54, 1.807) is 6.07 Å². The molecule has 0 saturated carbocycles. The van der Waals surface area contributed by atoms with E-state index in [4.69, 9.17) is 9.15 Å². The van der Waals surface area contributed by atoms with E-state index in [1.165, 1.54) is 30.7 Å². The van der Waals surface area contributed by atoms with Crippen molar-refractivity contribution in [2.75, 3.05) is 13.1 Å². The maximum Gasteiger partial charge on any atom is 0.573 e. The highest BCUT2D eigenvalue weighted by molar-refractivity contribution is 5.40. The second-order valence-corrected chi connectivity index (χ2v) is 5.16. The van der Waals surface area contributed by atoms with Crippen LogP contribution >= 0.6 is 0 Å². The summed E-state index contributed by atoms with van der Waals surface area (Å²) in [7, 11) is 0. The van der Waals surface area contributed by atoms with Gasteiger partial charge in [-0.05, 0) is 25.1 Å². The molecule has 1 aliphatic heterocycles. The number of halogens is 3. The predicted octanol–water partition coefficient (Wildman–Crippen LogP) is 3.30. The monoisotopic (exact) mass is 328 g/mol. The molecule has 1 N–H and O–H groups in total. The van der Waals surface area contributed by atoms with Crippen molar-refractivity contribution in [3.8, 4) is 11.5 Å². The zero-order valence-electron chi connectivity index (χ0n) is 12.0. The van der Waals surface area contributed by atoms with E-state index >= 15 is 0 Å². The molecular formula is C15H15F3N2O3. The maximum atomic E-state index is 12.5. The topological polar surface area (TPSA) is 56.5 Å². The van der Waals surface area contributed by atoms with E-state index < -0.39 is 12.5 Å². The minimum Gasteiger partial charge on any atom is -0.476 e. The largest absolute Gasteiger partial charge is 0.573 e. The third-order valence-electron chi connectivity index (χ3n) is 3.55. The third-order valence-corrected chi connectivity index (χ3v) is 3.55. The average Bonchev–Trinajstić information content (AvgIpc) is 3.18. The highest BCUT2D eigenvalue weighted by Gasteiger charge is 2.35. The van der Waals surface area contributed by atoms with E-state index in [-0.39, 0.29) is 17.4 Å². The summed E-state index contributed by atoms with van der Waals surface area (Å²) in [6, 6.07) is 5.67. The number of rotatable bonds is 5. The lowest BCUT2D eigenvalue weighted by atomic mass is 10.0. The molecule has 0 aliphatic carbocycles. The summed E-state index contributed by atoms with van der Waals surface area (Å²) in [6.45, 7) is 1.49. The van der Waals surface area contributed by atoms with Gasteiger partial charge in [-0.15, -0.1) is 13.2 Å². The summed E-state index contributed by atoms with van der Waals surface area (Å²) in [5.74, 6) is -0.00413. The lowest BCUT2D eigenvalue weighted by Crippen LogP contribution is -2.23. The second-order valence-electron chi connectivity index (χ2n) is 5.16. The first-order valence-corrected chi connectivity index (χ1v) is 7.14. The standard InChI is InChI=1S/C15H15F3N2O3/c16-15(17,18)23-12-4-2-1-3-11(12)22-13(10-5-6-19-9-10)14-20-7-8-21-14/h1-4,7-8,10,13,19H,5-6,9H2/t10-,13+/m1/s1. The van der Waals surface area contributed by atoms with E-state index in [1.807, 2.05) is 0 Å². The number of para-hydroxylation sites is 2. The van der Waals surface area contributed by atoms with Crippen LogP contribution in [-0.4, -0.2) is 24.4 Å². The zero-order valence-corrected chi connectivity index (χ0v) is 12.0. The molecule has 3 rings (SSSR count).